The number of aryl methyl sites for hydroxylation is 1. The first-order valence-electron chi connectivity index (χ1n) is 8.48. The second kappa shape index (κ2) is 6.51. The van der Waals surface area contributed by atoms with Crippen LogP contribution in [0.5, 0.6) is 0 Å². The first kappa shape index (κ1) is 16.1. The molecule has 0 saturated heterocycles. The molecular formula is C19H19N5O2. The van der Waals surface area contributed by atoms with Crippen LogP contribution in [0.1, 0.15) is 23.7 Å². The van der Waals surface area contributed by atoms with Gasteiger partial charge in [-0.05, 0) is 18.6 Å². The highest BCUT2D eigenvalue weighted by atomic mass is 16.3. The molecule has 0 bridgehead atoms. The van der Waals surface area contributed by atoms with Crippen molar-refractivity contribution in [3.63, 3.8) is 0 Å². The van der Waals surface area contributed by atoms with E-state index in [2.05, 4.69) is 15.4 Å². The summed E-state index contributed by atoms with van der Waals surface area (Å²) in [7, 11) is 1.88. The Morgan fingerprint density at radius 1 is 1.27 bits per heavy atom. The third-order valence-corrected chi connectivity index (χ3v) is 4.26. The number of rotatable bonds is 5. The maximum Gasteiger partial charge on any atom is 0.253 e. The van der Waals surface area contributed by atoms with Crippen molar-refractivity contribution < 1.29 is 9.21 Å². The molecule has 1 N–H and O–H groups in total. The third kappa shape index (κ3) is 2.77. The highest BCUT2D eigenvalue weighted by Gasteiger charge is 2.20. The van der Waals surface area contributed by atoms with Crippen molar-refractivity contribution in [3.05, 3.63) is 55.0 Å². The molecule has 0 radical (unpaired) electrons. The van der Waals surface area contributed by atoms with Crippen molar-refractivity contribution >= 4 is 11.4 Å². The lowest BCUT2D eigenvalue weighted by molar-refractivity contribution is 0.0954. The van der Waals surface area contributed by atoms with E-state index in [-0.39, 0.29) is 5.91 Å². The van der Waals surface area contributed by atoms with Crippen LogP contribution in [0.15, 0.2) is 53.9 Å². The van der Waals surface area contributed by atoms with Gasteiger partial charge in [-0.25, -0.2) is 4.98 Å². The van der Waals surface area contributed by atoms with Gasteiger partial charge in [-0.3, -0.25) is 9.48 Å². The molecule has 0 unspecified atom stereocenters. The Morgan fingerprint density at radius 2 is 2.15 bits per heavy atom. The standard InChI is InChI=1S/C19H19N5O2/c1-3-6-20-19(25)16-7-15-5-4-13(14-8-22-23(2)9-14)10-24(15)18(16)17-11-26-12-21-17/h4-5,7-12H,3,6H2,1-2H3,(H,20,25). The Morgan fingerprint density at radius 3 is 2.85 bits per heavy atom. The SMILES string of the molecule is CCCNC(=O)c1cc2ccc(-c3cnn(C)c3)cn2c1-c1cocn1. The summed E-state index contributed by atoms with van der Waals surface area (Å²) in [6.45, 7) is 2.65. The monoisotopic (exact) mass is 349 g/mol. The van der Waals surface area contributed by atoms with E-state index in [9.17, 15) is 4.79 Å². The lowest BCUT2D eigenvalue weighted by Crippen LogP contribution is -2.24. The van der Waals surface area contributed by atoms with Gasteiger partial charge in [-0.1, -0.05) is 13.0 Å². The molecule has 4 aromatic rings. The number of carbonyl (C=O) groups is 1. The van der Waals surface area contributed by atoms with Gasteiger partial charge in [-0.2, -0.15) is 5.10 Å². The molecule has 7 heteroatoms. The van der Waals surface area contributed by atoms with Crippen molar-refractivity contribution in [2.75, 3.05) is 6.54 Å². The maximum absolute atomic E-state index is 12.7. The predicted octanol–water partition coefficient (Wildman–Crippen LogP) is 3.13. The molecule has 4 heterocycles. The summed E-state index contributed by atoms with van der Waals surface area (Å²) < 4.78 is 8.89. The van der Waals surface area contributed by atoms with Crippen LogP contribution in [0, 0.1) is 0 Å². The molecule has 0 saturated carbocycles. The van der Waals surface area contributed by atoms with E-state index in [1.165, 1.54) is 6.39 Å². The number of nitrogens with zero attached hydrogens (tertiary/aromatic N) is 4. The Labute approximate surface area is 150 Å². The summed E-state index contributed by atoms with van der Waals surface area (Å²) in [5.41, 5.74) is 4.84. The molecule has 7 nitrogen and oxygen atoms in total. The minimum atomic E-state index is -0.114. The van der Waals surface area contributed by atoms with Crippen molar-refractivity contribution in [3.8, 4) is 22.5 Å². The van der Waals surface area contributed by atoms with Gasteiger partial charge in [0.2, 0.25) is 0 Å². The minimum Gasteiger partial charge on any atom is -0.451 e. The molecule has 0 spiro atoms. The Hall–Kier alpha value is -3.35. The normalized spacial score (nSPS) is 11.2. The average molecular weight is 349 g/mol. The zero-order valence-electron chi connectivity index (χ0n) is 14.6. The Kier molecular flexibility index (Phi) is 4.04. The summed E-state index contributed by atoms with van der Waals surface area (Å²) in [5, 5.41) is 7.17. The first-order valence-corrected chi connectivity index (χ1v) is 8.48. The number of carbonyl (C=O) groups excluding carboxylic acids is 1. The van der Waals surface area contributed by atoms with Crippen LogP contribution in [-0.2, 0) is 7.05 Å². The average Bonchev–Trinajstić information content (AvgIpc) is 3.37. The molecule has 0 aromatic carbocycles. The Bertz CT molecular complexity index is 1060. The fraction of sp³-hybridized carbons (Fsp3) is 0.211. The number of nitrogens with one attached hydrogen (secondary N) is 1. The minimum absolute atomic E-state index is 0.114. The lowest BCUT2D eigenvalue weighted by Gasteiger charge is -2.06. The van der Waals surface area contributed by atoms with E-state index >= 15 is 0 Å². The van der Waals surface area contributed by atoms with E-state index in [1.807, 2.05) is 55.2 Å². The van der Waals surface area contributed by atoms with Crippen LogP contribution in [-0.4, -0.2) is 31.6 Å². The van der Waals surface area contributed by atoms with Crippen LogP contribution >= 0.6 is 0 Å². The van der Waals surface area contributed by atoms with Gasteiger partial charge in [0.25, 0.3) is 5.91 Å². The van der Waals surface area contributed by atoms with E-state index < -0.39 is 0 Å². The second-order valence-corrected chi connectivity index (χ2v) is 6.15. The second-order valence-electron chi connectivity index (χ2n) is 6.15. The van der Waals surface area contributed by atoms with Gasteiger partial charge in [0, 0.05) is 42.6 Å². The van der Waals surface area contributed by atoms with Gasteiger partial charge in [-0.15, -0.1) is 0 Å². The highest BCUT2D eigenvalue weighted by molar-refractivity contribution is 6.02. The summed E-state index contributed by atoms with van der Waals surface area (Å²) >= 11 is 0. The molecule has 0 atom stereocenters. The van der Waals surface area contributed by atoms with Gasteiger partial charge < -0.3 is 14.1 Å². The summed E-state index contributed by atoms with van der Waals surface area (Å²) in [5.74, 6) is -0.114. The topological polar surface area (TPSA) is 77.4 Å². The fourth-order valence-corrected chi connectivity index (χ4v) is 3.01. The zero-order chi connectivity index (χ0) is 18.1. The number of hydrogen-bond acceptors (Lipinski definition) is 4. The van der Waals surface area contributed by atoms with Crippen molar-refractivity contribution in [2.45, 2.75) is 13.3 Å². The summed E-state index contributed by atoms with van der Waals surface area (Å²) in [6, 6.07) is 5.89. The predicted molar refractivity (Wildman–Crippen MR) is 97.7 cm³/mol. The quantitative estimate of drug-likeness (QED) is 0.600. The maximum atomic E-state index is 12.7. The van der Waals surface area contributed by atoms with Gasteiger partial charge >= 0.3 is 0 Å². The molecular weight excluding hydrogens is 330 g/mol. The smallest absolute Gasteiger partial charge is 0.253 e. The first-order chi connectivity index (χ1) is 12.7. The summed E-state index contributed by atoms with van der Waals surface area (Å²) in [6.07, 6.45) is 9.56. The molecule has 132 valence electrons. The molecule has 0 aliphatic carbocycles. The van der Waals surface area contributed by atoms with Crippen LogP contribution in [0.3, 0.4) is 0 Å². The van der Waals surface area contributed by atoms with E-state index in [1.54, 1.807) is 10.9 Å². The van der Waals surface area contributed by atoms with E-state index in [0.29, 0.717) is 23.5 Å². The molecule has 1 amide bonds. The van der Waals surface area contributed by atoms with Crippen molar-refractivity contribution in [2.24, 2.45) is 7.05 Å². The number of hydrogen-bond donors (Lipinski definition) is 1. The number of amides is 1. The van der Waals surface area contributed by atoms with E-state index in [4.69, 9.17) is 4.42 Å². The van der Waals surface area contributed by atoms with Crippen LogP contribution in [0.2, 0.25) is 0 Å². The fourth-order valence-electron chi connectivity index (χ4n) is 3.01. The summed E-state index contributed by atoms with van der Waals surface area (Å²) in [4.78, 5) is 16.9. The van der Waals surface area contributed by atoms with Crippen LogP contribution < -0.4 is 5.32 Å². The molecule has 4 rings (SSSR count). The number of fused-ring (bicyclic) bond motifs is 1. The highest BCUT2D eigenvalue weighted by Crippen LogP contribution is 2.29. The lowest BCUT2D eigenvalue weighted by atomic mass is 10.1. The van der Waals surface area contributed by atoms with E-state index in [0.717, 1.165) is 23.1 Å². The van der Waals surface area contributed by atoms with Crippen LogP contribution in [0.25, 0.3) is 28.0 Å². The number of oxazole rings is 1. The van der Waals surface area contributed by atoms with Crippen LogP contribution in [0.4, 0.5) is 0 Å². The molecule has 26 heavy (non-hydrogen) atoms. The third-order valence-electron chi connectivity index (χ3n) is 4.26. The van der Waals surface area contributed by atoms with Gasteiger partial charge in [0.15, 0.2) is 6.39 Å². The largest absolute Gasteiger partial charge is 0.451 e. The van der Waals surface area contributed by atoms with Gasteiger partial charge in [0.1, 0.15) is 12.0 Å². The molecule has 0 aliphatic rings. The molecule has 4 aromatic heterocycles. The number of aromatic nitrogens is 4. The van der Waals surface area contributed by atoms with Crippen molar-refractivity contribution in [1.29, 1.82) is 0 Å². The van der Waals surface area contributed by atoms with Crippen molar-refractivity contribution in [1.82, 2.24) is 24.5 Å². The Balaban J connectivity index is 1.89. The molecule has 0 fully saturated rings. The molecule has 0 aliphatic heterocycles. The zero-order valence-corrected chi connectivity index (χ0v) is 14.6. The van der Waals surface area contributed by atoms with Gasteiger partial charge in [0.05, 0.1) is 17.5 Å². The number of pyridine rings is 1.